The minimum absolute atomic E-state index is 0.129. The number of hydrogen-bond donors (Lipinski definition) is 4. The molecule has 0 unspecified atom stereocenters. The number of urea groups is 1. The highest BCUT2D eigenvalue weighted by atomic mass is 16.4. The summed E-state index contributed by atoms with van der Waals surface area (Å²) in [5.74, 6) is -1.45. The first kappa shape index (κ1) is 16.5. The van der Waals surface area contributed by atoms with Gasteiger partial charge in [-0.05, 0) is 18.4 Å². The lowest BCUT2D eigenvalue weighted by molar-refractivity contribution is -0.141. The van der Waals surface area contributed by atoms with Crippen LogP contribution in [0.15, 0.2) is 30.3 Å². The Kier molecular flexibility index (Phi) is 6.73. The number of carboxylic acids is 1. The number of hydrogen-bond acceptors (Lipinski definition) is 3. The number of carboxylic acid groups (broad SMARTS) is 1. The number of nitrogens with two attached hydrogens (primary N) is 1. The summed E-state index contributed by atoms with van der Waals surface area (Å²) in [4.78, 5) is 33.4. The van der Waals surface area contributed by atoms with Gasteiger partial charge in [0.05, 0.1) is 6.42 Å². The van der Waals surface area contributed by atoms with Gasteiger partial charge >= 0.3 is 12.0 Å². The third kappa shape index (κ3) is 6.95. The summed E-state index contributed by atoms with van der Waals surface area (Å²) in [6, 6.07) is 7.43. The fraction of sp³-hybridized carbons (Fsp3) is 0.357. The van der Waals surface area contributed by atoms with Gasteiger partial charge in [-0.25, -0.2) is 9.59 Å². The maximum absolute atomic E-state index is 11.8. The Bertz CT molecular complexity index is 490. The van der Waals surface area contributed by atoms with Crippen LogP contribution in [0.4, 0.5) is 4.79 Å². The molecule has 1 aromatic carbocycles. The van der Waals surface area contributed by atoms with E-state index in [4.69, 9.17) is 10.8 Å². The molecule has 0 saturated carbocycles. The van der Waals surface area contributed by atoms with E-state index in [2.05, 4.69) is 10.6 Å². The van der Waals surface area contributed by atoms with Crippen LogP contribution in [0, 0.1) is 0 Å². The molecule has 0 heterocycles. The standard InChI is InChI=1S/C14H19N3O4/c15-14(21)16-8-4-7-11(13(19)20)17-12(18)9-10-5-2-1-3-6-10/h1-3,5-6,11H,4,7-9H2,(H,17,18)(H,19,20)(H3,15,16,21)/t11-/m1/s1. The molecule has 0 bridgehead atoms. The molecule has 1 aromatic rings. The Morgan fingerprint density at radius 2 is 1.86 bits per heavy atom. The Morgan fingerprint density at radius 3 is 2.43 bits per heavy atom. The van der Waals surface area contributed by atoms with Gasteiger partial charge in [-0.15, -0.1) is 0 Å². The number of amides is 3. The lowest BCUT2D eigenvalue weighted by atomic mass is 10.1. The fourth-order valence-electron chi connectivity index (χ4n) is 1.80. The maximum Gasteiger partial charge on any atom is 0.326 e. The average molecular weight is 293 g/mol. The zero-order valence-electron chi connectivity index (χ0n) is 11.5. The molecule has 1 atom stereocenters. The molecule has 0 aliphatic heterocycles. The van der Waals surface area contributed by atoms with E-state index in [9.17, 15) is 14.4 Å². The van der Waals surface area contributed by atoms with Gasteiger partial charge in [-0.3, -0.25) is 4.79 Å². The van der Waals surface area contributed by atoms with Crippen molar-refractivity contribution >= 4 is 17.9 Å². The Morgan fingerprint density at radius 1 is 1.19 bits per heavy atom. The molecule has 7 heteroatoms. The summed E-state index contributed by atoms with van der Waals surface area (Å²) in [7, 11) is 0. The topological polar surface area (TPSA) is 122 Å². The summed E-state index contributed by atoms with van der Waals surface area (Å²) in [6.45, 7) is 0.271. The third-order valence-corrected chi connectivity index (χ3v) is 2.81. The molecule has 0 radical (unpaired) electrons. The van der Waals surface area contributed by atoms with Crippen molar-refractivity contribution in [1.82, 2.24) is 10.6 Å². The minimum Gasteiger partial charge on any atom is -0.480 e. The number of primary amides is 1. The van der Waals surface area contributed by atoms with E-state index in [1.54, 1.807) is 12.1 Å². The second kappa shape index (κ2) is 8.57. The van der Waals surface area contributed by atoms with Crippen LogP contribution in [0.2, 0.25) is 0 Å². The van der Waals surface area contributed by atoms with Gasteiger partial charge < -0.3 is 21.5 Å². The van der Waals surface area contributed by atoms with Crippen LogP contribution in [-0.4, -0.2) is 35.6 Å². The van der Waals surface area contributed by atoms with E-state index in [1.165, 1.54) is 0 Å². The predicted molar refractivity (Wildman–Crippen MR) is 76.5 cm³/mol. The minimum atomic E-state index is -1.10. The Hall–Kier alpha value is -2.57. The van der Waals surface area contributed by atoms with E-state index in [-0.39, 0.29) is 25.3 Å². The number of carbonyl (C=O) groups excluding carboxylic acids is 2. The van der Waals surface area contributed by atoms with Crippen LogP contribution >= 0.6 is 0 Å². The largest absolute Gasteiger partial charge is 0.480 e. The molecule has 0 saturated heterocycles. The highest BCUT2D eigenvalue weighted by molar-refractivity contribution is 5.84. The quantitative estimate of drug-likeness (QED) is 0.513. The second-order valence-corrected chi connectivity index (χ2v) is 4.55. The van der Waals surface area contributed by atoms with Crippen molar-refractivity contribution < 1.29 is 19.5 Å². The van der Waals surface area contributed by atoms with Crippen molar-refractivity contribution in [3.8, 4) is 0 Å². The maximum atomic E-state index is 11.8. The van der Waals surface area contributed by atoms with Gasteiger partial charge in [-0.2, -0.15) is 0 Å². The molecule has 5 N–H and O–H groups in total. The van der Waals surface area contributed by atoms with Crippen molar-refractivity contribution in [2.75, 3.05) is 6.54 Å². The smallest absolute Gasteiger partial charge is 0.326 e. The zero-order chi connectivity index (χ0) is 15.7. The van der Waals surface area contributed by atoms with E-state index in [0.717, 1.165) is 5.56 Å². The number of benzene rings is 1. The summed E-state index contributed by atoms with van der Waals surface area (Å²) >= 11 is 0. The van der Waals surface area contributed by atoms with Gasteiger partial charge in [-0.1, -0.05) is 30.3 Å². The normalized spacial score (nSPS) is 11.4. The molecule has 0 aliphatic rings. The Balaban J connectivity index is 2.41. The number of aliphatic carboxylic acids is 1. The molecule has 0 spiro atoms. The lowest BCUT2D eigenvalue weighted by Crippen LogP contribution is -2.42. The second-order valence-electron chi connectivity index (χ2n) is 4.55. The van der Waals surface area contributed by atoms with Crippen molar-refractivity contribution in [3.05, 3.63) is 35.9 Å². The Labute approximate surface area is 122 Å². The molecule has 114 valence electrons. The number of carbonyl (C=O) groups is 3. The first-order valence-corrected chi connectivity index (χ1v) is 6.58. The highest BCUT2D eigenvalue weighted by Crippen LogP contribution is 2.02. The molecule has 21 heavy (non-hydrogen) atoms. The van der Waals surface area contributed by atoms with Gasteiger partial charge in [0.1, 0.15) is 6.04 Å². The molecule has 0 fully saturated rings. The molecule has 0 aromatic heterocycles. The number of rotatable bonds is 8. The molecule has 7 nitrogen and oxygen atoms in total. The van der Waals surface area contributed by atoms with Crippen LogP contribution in [0.1, 0.15) is 18.4 Å². The third-order valence-electron chi connectivity index (χ3n) is 2.81. The van der Waals surface area contributed by atoms with Crippen LogP contribution < -0.4 is 16.4 Å². The van der Waals surface area contributed by atoms with E-state index in [0.29, 0.717) is 6.42 Å². The first-order valence-electron chi connectivity index (χ1n) is 6.58. The van der Waals surface area contributed by atoms with Crippen molar-refractivity contribution in [2.24, 2.45) is 5.73 Å². The molecule has 0 aliphatic carbocycles. The summed E-state index contributed by atoms with van der Waals surface area (Å²) in [5.41, 5.74) is 5.71. The fourth-order valence-corrected chi connectivity index (χ4v) is 1.80. The number of nitrogens with one attached hydrogen (secondary N) is 2. The summed E-state index contributed by atoms with van der Waals surface area (Å²) in [6.07, 6.45) is 0.756. The molecular formula is C14H19N3O4. The molecule has 1 rings (SSSR count). The molecular weight excluding hydrogens is 274 g/mol. The van der Waals surface area contributed by atoms with Gasteiger partial charge in [0.2, 0.25) is 5.91 Å². The van der Waals surface area contributed by atoms with E-state index >= 15 is 0 Å². The van der Waals surface area contributed by atoms with E-state index < -0.39 is 18.0 Å². The SMILES string of the molecule is NC(=O)NCCC[C@@H](NC(=O)Cc1ccccc1)C(=O)O. The van der Waals surface area contributed by atoms with Gasteiger partial charge in [0.15, 0.2) is 0 Å². The first-order chi connectivity index (χ1) is 9.99. The van der Waals surface area contributed by atoms with Crippen molar-refractivity contribution in [3.63, 3.8) is 0 Å². The van der Waals surface area contributed by atoms with E-state index in [1.807, 2.05) is 18.2 Å². The van der Waals surface area contributed by atoms with Crippen molar-refractivity contribution in [2.45, 2.75) is 25.3 Å². The summed E-state index contributed by atoms with van der Waals surface area (Å²) in [5, 5.41) is 13.9. The van der Waals surface area contributed by atoms with Crippen LogP contribution in [0.3, 0.4) is 0 Å². The van der Waals surface area contributed by atoms with Gasteiger partial charge in [0, 0.05) is 6.54 Å². The zero-order valence-corrected chi connectivity index (χ0v) is 11.5. The molecule has 3 amide bonds. The summed E-state index contributed by atoms with van der Waals surface area (Å²) < 4.78 is 0. The lowest BCUT2D eigenvalue weighted by Gasteiger charge is -2.14. The van der Waals surface area contributed by atoms with Crippen molar-refractivity contribution in [1.29, 1.82) is 0 Å². The van der Waals surface area contributed by atoms with Crippen LogP contribution in [0.25, 0.3) is 0 Å². The van der Waals surface area contributed by atoms with Crippen LogP contribution in [-0.2, 0) is 16.0 Å². The monoisotopic (exact) mass is 293 g/mol. The predicted octanol–water partition coefficient (Wildman–Crippen LogP) is 0.247. The highest BCUT2D eigenvalue weighted by Gasteiger charge is 2.19. The van der Waals surface area contributed by atoms with Crippen LogP contribution in [0.5, 0.6) is 0 Å². The average Bonchev–Trinajstić information content (AvgIpc) is 2.42. The van der Waals surface area contributed by atoms with Gasteiger partial charge in [0.25, 0.3) is 0 Å².